The zero-order valence-corrected chi connectivity index (χ0v) is 12.9. The Morgan fingerprint density at radius 1 is 1.05 bits per heavy atom. The third-order valence-corrected chi connectivity index (χ3v) is 3.94. The standard InChI is InChI=1S/C16H18ClNO3/c1-9-6-11(10(2)21-9)16(18)12-7-14-15(8-13(12)17)20-5-3-4-19-14/h6-8,16H,3-5,18H2,1-2H3. The molecule has 0 spiro atoms. The molecule has 21 heavy (non-hydrogen) atoms. The van der Waals surface area contributed by atoms with Crippen molar-refractivity contribution in [2.75, 3.05) is 13.2 Å². The van der Waals surface area contributed by atoms with Crippen molar-refractivity contribution in [2.45, 2.75) is 26.3 Å². The molecule has 3 rings (SSSR count). The molecule has 0 bridgehead atoms. The fraction of sp³-hybridized carbons (Fsp3) is 0.375. The van der Waals surface area contributed by atoms with Crippen LogP contribution in [0.15, 0.2) is 22.6 Å². The summed E-state index contributed by atoms with van der Waals surface area (Å²) >= 11 is 6.37. The predicted molar refractivity (Wildman–Crippen MR) is 81.3 cm³/mol. The van der Waals surface area contributed by atoms with Gasteiger partial charge in [0.05, 0.1) is 19.3 Å². The number of fused-ring (bicyclic) bond motifs is 1. The number of benzene rings is 1. The van der Waals surface area contributed by atoms with Crippen LogP contribution in [0, 0.1) is 13.8 Å². The van der Waals surface area contributed by atoms with Gasteiger partial charge in [-0.1, -0.05) is 11.6 Å². The minimum atomic E-state index is -0.355. The lowest BCUT2D eigenvalue weighted by Gasteiger charge is -2.16. The van der Waals surface area contributed by atoms with Gasteiger partial charge in [-0.05, 0) is 31.5 Å². The Balaban J connectivity index is 2.02. The lowest BCUT2D eigenvalue weighted by molar-refractivity contribution is 0.297. The van der Waals surface area contributed by atoms with Gasteiger partial charge < -0.3 is 19.6 Å². The number of hydrogen-bond acceptors (Lipinski definition) is 4. The molecule has 0 saturated carbocycles. The largest absolute Gasteiger partial charge is 0.490 e. The van der Waals surface area contributed by atoms with E-state index in [2.05, 4.69) is 0 Å². The lowest BCUT2D eigenvalue weighted by Crippen LogP contribution is -2.13. The molecule has 1 aromatic carbocycles. The zero-order valence-electron chi connectivity index (χ0n) is 12.1. The molecule has 0 radical (unpaired) electrons. The third-order valence-electron chi connectivity index (χ3n) is 3.62. The van der Waals surface area contributed by atoms with Crippen molar-refractivity contribution in [3.63, 3.8) is 0 Å². The van der Waals surface area contributed by atoms with Crippen molar-refractivity contribution in [1.82, 2.24) is 0 Å². The molecule has 112 valence electrons. The normalized spacial score (nSPS) is 15.6. The van der Waals surface area contributed by atoms with E-state index in [4.69, 9.17) is 31.2 Å². The Bertz CT molecular complexity index is 666. The summed E-state index contributed by atoms with van der Waals surface area (Å²) in [5.74, 6) is 3.01. The number of nitrogens with two attached hydrogens (primary N) is 1. The van der Waals surface area contributed by atoms with Crippen molar-refractivity contribution in [3.8, 4) is 11.5 Å². The van der Waals surface area contributed by atoms with Gasteiger partial charge in [0.1, 0.15) is 11.5 Å². The molecule has 1 aliphatic rings. The first-order valence-electron chi connectivity index (χ1n) is 6.98. The van der Waals surface area contributed by atoms with Crippen LogP contribution in [-0.2, 0) is 0 Å². The number of halogens is 1. The average Bonchev–Trinajstić information content (AvgIpc) is 2.64. The van der Waals surface area contributed by atoms with E-state index in [1.165, 1.54) is 0 Å². The quantitative estimate of drug-likeness (QED) is 0.917. The van der Waals surface area contributed by atoms with Gasteiger partial charge in [-0.3, -0.25) is 0 Å². The minimum Gasteiger partial charge on any atom is -0.490 e. The molecule has 1 unspecified atom stereocenters. The van der Waals surface area contributed by atoms with Crippen molar-refractivity contribution >= 4 is 11.6 Å². The molecule has 4 nitrogen and oxygen atoms in total. The van der Waals surface area contributed by atoms with Crippen LogP contribution in [0.2, 0.25) is 5.02 Å². The summed E-state index contributed by atoms with van der Waals surface area (Å²) in [4.78, 5) is 0. The SMILES string of the molecule is Cc1cc(C(N)c2cc3c(cc2Cl)OCCCO3)c(C)o1. The fourth-order valence-corrected chi connectivity index (χ4v) is 2.84. The Kier molecular flexibility index (Phi) is 3.83. The van der Waals surface area contributed by atoms with Gasteiger partial charge in [-0.2, -0.15) is 0 Å². The summed E-state index contributed by atoms with van der Waals surface area (Å²) in [6.45, 7) is 5.07. The van der Waals surface area contributed by atoms with Gasteiger partial charge in [-0.25, -0.2) is 0 Å². The Hall–Kier alpha value is -1.65. The second-order valence-corrected chi connectivity index (χ2v) is 5.62. The van der Waals surface area contributed by atoms with Crippen LogP contribution in [0.3, 0.4) is 0 Å². The molecule has 1 aliphatic heterocycles. The van der Waals surface area contributed by atoms with Crippen LogP contribution >= 0.6 is 11.6 Å². The van der Waals surface area contributed by atoms with Gasteiger partial charge in [0.15, 0.2) is 11.5 Å². The number of furan rings is 1. The lowest BCUT2D eigenvalue weighted by atomic mass is 9.99. The van der Waals surface area contributed by atoms with E-state index in [1.807, 2.05) is 26.0 Å². The van der Waals surface area contributed by atoms with Crippen LogP contribution in [0.1, 0.15) is 35.1 Å². The molecule has 0 saturated heterocycles. The second kappa shape index (κ2) is 5.62. The van der Waals surface area contributed by atoms with Gasteiger partial charge >= 0.3 is 0 Å². The fourth-order valence-electron chi connectivity index (χ4n) is 2.56. The highest BCUT2D eigenvalue weighted by atomic mass is 35.5. The number of rotatable bonds is 2. The van der Waals surface area contributed by atoms with Gasteiger partial charge in [0.2, 0.25) is 0 Å². The van der Waals surface area contributed by atoms with Gasteiger partial charge in [0.25, 0.3) is 0 Å². The summed E-state index contributed by atoms with van der Waals surface area (Å²) in [6, 6.07) is 5.24. The molecular formula is C16H18ClNO3. The first-order valence-corrected chi connectivity index (χ1v) is 7.35. The first kappa shape index (κ1) is 14.3. The molecule has 1 atom stereocenters. The molecule has 0 aliphatic carbocycles. The summed E-state index contributed by atoms with van der Waals surface area (Å²) in [5.41, 5.74) is 8.11. The summed E-state index contributed by atoms with van der Waals surface area (Å²) < 4.78 is 16.9. The Labute approximate surface area is 128 Å². The molecule has 2 N–H and O–H groups in total. The van der Waals surface area contributed by atoms with Gasteiger partial charge in [0, 0.05) is 23.1 Å². The van der Waals surface area contributed by atoms with E-state index in [9.17, 15) is 0 Å². The summed E-state index contributed by atoms with van der Waals surface area (Å²) in [6.07, 6.45) is 0.855. The maximum Gasteiger partial charge on any atom is 0.162 e. The molecule has 0 amide bonds. The molecule has 1 aromatic heterocycles. The number of hydrogen-bond donors (Lipinski definition) is 1. The van der Waals surface area contributed by atoms with E-state index in [-0.39, 0.29) is 6.04 Å². The monoisotopic (exact) mass is 307 g/mol. The molecule has 2 aromatic rings. The highest BCUT2D eigenvalue weighted by Crippen LogP contribution is 2.39. The topological polar surface area (TPSA) is 57.6 Å². The maximum atomic E-state index is 6.37. The van der Waals surface area contributed by atoms with Gasteiger partial charge in [-0.15, -0.1) is 0 Å². The van der Waals surface area contributed by atoms with Crippen molar-refractivity contribution in [2.24, 2.45) is 5.73 Å². The number of aryl methyl sites for hydroxylation is 2. The molecular weight excluding hydrogens is 290 g/mol. The third kappa shape index (κ3) is 2.74. The molecule has 0 fully saturated rings. The van der Waals surface area contributed by atoms with E-state index >= 15 is 0 Å². The number of ether oxygens (including phenoxy) is 2. The highest BCUT2D eigenvalue weighted by Gasteiger charge is 2.21. The van der Waals surface area contributed by atoms with E-state index in [1.54, 1.807) is 6.07 Å². The van der Waals surface area contributed by atoms with Crippen LogP contribution < -0.4 is 15.2 Å². The molecule has 5 heteroatoms. The zero-order chi connectivity index (χ0) is 15.0. The van der Waals surface area contributed by atoms with Crippen molar-refractivity contribution < 1.29 is 13.9 Å². The average molecular weight is 308 g/mol. The Morgan fingerprint density at radius 2 is 1.71 bits per heavy atom. The van der Waals surface area contributed by atoms with Crippen LogP contribution in [-0.4, -0.2) is 13.2 Å². The Morgan fingerprint density at radius 3 is 2.33 bits per heavy atom. The van der Waals surface area contributed by atoms with Crippen LogP contribution in [0.5, 0.6) is 11.5 Å². The highest BCUT2D eigenvalue weighted by molar-refractivity contribution is 6.31. The van der Waals surface area contributed by atoms with Crippen molar-refractivity contribution in [3.05, 3.63) is 45.9 Å². The maximum absolute atomic E-state index is 6.37. The first-order chi connectivity index (χ1) is 10.1. The smallest absolute Gasteiger partial charge is 0.162 e. The summed E-state index contributed by atoms with van der Waals surface area (Å²) in [5, 5.41) is 0.574. The van der Waals surface area contributed by atoms with Crippen LogP contribution in [0.25, 0.3) is 0 Å². The van der Waals surface area contributed by atoms with E-state index in [0.29, 0.717) is 29.7 Å². The minimum absolute atomic E-state index is 0.355. The molecule has 2 heterocycles. The van der Waals surface area contributed by atoms with E-state index < -0.39 is 0 Å². The van der Waals surface area contributed by atoms with E-state index in [0.717, 1.165) is 29.1 Å². The van der Waals surface area contributed by atoms with Crippen molar-refractivity contribution in [1.29, 1.82) is 0 Å². The summed E-state index contributed by atoms with van der Waals surface area (Å²) in [7, 11) is 0. The second-order valence-electron chi connectivity index (χ2n) is 5.22. The predicted octanol–water partition coefficient (Wildman–Crippen LogP) is 3.76. The van der Waals surface area contributed by atoms with Crippen LogP contribution in [0.4, 0.5) is 0 Å².